The van der Waals surface area contributed by atoms with E-state index in [9.17, 15) is 31.1 Å². The molecule has 1 heterocycles. The van der Waals surface area contributed by atoms with Crippen LogP contribution in [0.4, 0.5) is 32.0 Å². The molecule has 0 amide bonds. The van der Waals surface area contributed by atoms with Gasteiger partial charge in [0.15, 0.2) is 0 Å². The Kier molecular flexibility index (Phi) is 7.83. The van der Waals surface area contributed by atoms with Crippen LogP contribution in [-0.2, 0) is 11.2 Å². The molecule has 1 atom stereocenters. The fraction of sp³-hybridized carbons (Fsp3) is 0.259. The van der Waals surface area contributed by atoms with Crippen LogP contribution in [0, 0.1) is 6.92 Å². The van der Waals surface area contributed by atoms with Gasteiger partial charge in [-0.2, -0.15) is 18.3 Å². The highest BCUT2D eigenvalue weighted by Crippen LogP contribution is 2.36. The average molecular weight is 571 g/mol. The summed E-state index contributed by atoms with van der Waals surface area (Å²) in [6, 6.07) is 14.7. The van der Waals surface area contributed by atoms with Gasteiger partial charge in [0.05, 0.1) is 18.2 Å². The van der Waals surface area contributed by atoms with E-state index in [1.807, 2.05) is 6.07 Å². The molecule has 0 bridgehead atoms. The number of hydrazone groups is 1. The van der Waals surface area contributed by atoms with Crippen molar-refractivity contribution in [3.8, 4) is 16.9 Å². The first-order valence-corrected chi connectivity index (χ1v) is 12.0. The number of carboxylic acids is 1. The summed E-state index contributed by atoms with van der Waals surface area (Å²) in [5, 5.41) is 14.1. The van der Waals surface area contributed by atoms with Gasteiger partial charge in [-0.15, -0.1) is 13.2 Å². The van der Waals surface area contributed by atoms with Gasteiger partial charge in [-0.3, -0.25) is 9.80 Å². The third-order valence-electron chi connectivity index (χ3n) is 6.10. The number of aliphatic carboxylic acids is 1. The largest absolute Gasteiger partial charge is 0.573 e. The van der Waals surface area contributed by atoms with Crippen molar-refractivity contribution in [2.45, 2.75) is 44.8 Å². The molecule has 4 rings (SSSR count). The number of hydrogen-bond acceptors (Lipinski definition) is 4. The van der Waals surface area contributed by atoms with Crippen molar-refractivity contribution in [1.29, 1.82) is 0 Å². The van der Waals surface area contributed by atoms with Gasteiger partial charge in [-0.05, 0) is 65.9 Å². The van der Waals surface area contributed by atoms with Gasteiger partial charge in [0.1, 0.15) is 11.5 Å². The lowest BCUT2D eigenvalue weighted by molar-refractivity contribution is -0.274. The molecule has 0 spiro atoms. The van der Waals surface area contributed by atoms with Crippen LogP contribution < -0.4 is 9.75 Å². The number of ether oxygens (including phenoxy) is 1. The van der Waals surface area contributed by atoms with E-state index in [4.69, 9.17) is 16.7 Å². The van der Waals surface area contributed by atoms with E-state index >= 15 is 0 Å². The van der Waals surface area contributed by atoms with Gasteiger partial charge in [0.25, 0.3) is 0 Å². The van der Waals surface area contributed by atoms with Crippen LogP contribution >= 0.6 is 11.6 Å². The molecule has 3 aromatic carbocycles. The number of rotatable bonds is 7. The molecule has 206 valence electrons. The lowest BCUT2D eigenvalue weighted by atomic mass is 9.95. The molecular formula is C27H21ClF6N2O3. The standard InChI is InChI=1S/C27H21ClF6N2O3/c1-15-10-17(4-8-21(15)22-14-20(7-9-23(22)28)39-27(32,33)34)11-16-2-5-18(6-3-16)36-19(13-25(37)38)12-24(35-36)26(29,30)31/h2-10,14,19H,11-13H2,1H3,(H,37,38). The zero-order valence-electron chi connectivity index (χ0n) is 20.3. The number of aryl methyl sites for hydroxylation is 1. The van der Waals surface area contributed by atoms with Crippen LogP contribution in [0.15, 0.2) is 65.8 Å². The maximum absolute atomic E-state index is 13.2. The Labute approximate surface area is 224 Å². The van der Waals surface area contributed by atoms with Gasteiger partial charge >= 0.3 is 18.5 Å². The monoisotopic (exact) mass is 570 g/mol. The van der Waals surface area contributed by atoms with Crippen molar-refractivity contribution >= 4 is 29.0 Å². The van der Waals surface area contributed by atoms with E-state index in [-0.39, 0.29) is 10.8 Å². The zero-order valence-corrected chi connectivity index (χ0v) is 21.0. The summed E-state index contributed by atoms with van der Waals surface area (Å²) in [7, 11) is 0. The van der Waals surface area contributed by atoms with E-state index < -0.39 is 43.1 Å². The molecule has 5 nitrogen and oxygen atoms in total. The maximum atomic E-state index is 13.2. The number of halogens is 7. The van der Waals surface area contributed by atoms with E-state index in [1.165, 1.54) is 12.1 Å². The van der Waals surface area contributed by atoms with Crippen molar-refractivity contribution in [2.24, 2.45) is 5.10 Å². The molecule has 1 unspecified atom stereocenters. The topological polar surface area (TPSA) is 62.1 Å². The van der Waals surface area contributed by atoms with Crippen LogP contribution in [0.1, 0.15) is 29.5 Å². The summed E-state index contributed by atoms with van der Waals surface area (Å²) in [6.45, 7) is 1.79. The van der Waals surface area contributed by atoms with Crippen LogP contribution in [-0.4, -0.2) is 35.4 Å². The Morgan fingerprint density at radius 3 is 2.26 bits per heavy atom. The lowest BCUT2D eigenvalue weighted by Crippen LogP contribution is -2.29. The Morgan fingerprint density at radius 2 is 1.67 bits per heavy atom. The van der Waals surface area contributed by atoms with Crippen molar-refractivity contribution in [3.05, 3.63) is 82.4 Å². The SMILES string of the molecule is Cc1cc(Cc2ccc(N3N=C(C(F)(F)F)CC3CC(=O)O)cc2)ccc1-c1cc(OC(F)(F)F)ccc1Cl. The normalized spacial score (nSPS) is 15.8. The predicted octanol–water partition coefficient (Wildman–Crippen LogP) is 7.78. The lowest BCUT2D eigenvalue weighted by Gasteiger charge is -2.22. The highest BCUT2D eigenvalue weighted by atomic mass is 35.5. The molecule has 0 fully saturated rings. The number of hydrogen-bond donors (Lipinski definition) is 1. The number of carbonyl (C=O) groups is 1. The molecule has 0 radical (unpaired) electrons. The minimum atomic E-state index is -4.83. The summed E-state index contributed by atoms with van der Waals surface area (Å²) >= 11 is 6.24. The minimum Gasteiger partial charge on any atom is -0.481 e. The highest BCUT2D eigenvalue weighted by molar-refractivity contribution is 6.33. The van der Waals surface area contributed by atoms with Crippen LogP contribution in [0.5, 0.6) is 5.75 Å². The Morgan fingerprint density at radius 1 is 1.00 bits per heavy atom. The summed E-state index contributed by atoms with van der Waals surface area (Å²) in [5.41, 5.74) is 2.80. The van der Waals surface area contributed by atoms with Crippen molar-refractivity contribution in [3.63, 3.8) is 0 Å². The third kappa shape index (κ3) is 7.03. The van der Waals surface area contributed by atoms with Crippen LogP contribution in [0.2, 0.25) is 5.02 Å². The smallest absolute Gasteiger partial charge is 0.481 e. The van der Waals surface area contributed by atoms with E-state index in [0.717, 1.165) is 27.8 Å². The highest BCUT2D eigenvalue weighted by Gasteiger charge is 2.43. The van der Waals surface area contributed by atoms with Crippen LogP contribution in [0.25, 0.3) is 11.1 Å². The maximum Gasteiger partial charge on any atom is 0.573 e. The number of carboxylic acid groups (broad SMARTS) is 1. The Bertz CT molecular complexity index is 1400. The molecule has 0 aliphatic carbocycles. The van der Waals surface area contributed by atoms with Gasteiger partial charge in [-0.1, -0.05) is 41.9 Å². The Hall–Kier alpha value is -3.73. The Balaban J connectivity index is 1.52. The minimum absolute atomic E-state index is 0.260. The molecule has 0 aromatic heterocycles. The van der Waals surface area contributed by atoms with Gasteiger partial charge in [-0.25, -0.2) is 0 Å². The summed E-state index contributed by atoms with van der Waals surface area (Å²) < 4.78 is 81.4. The van der Waals surface area contributed by atoms with Gasteiger partial charge < -0.3 is 9.84 Å². The average Bonchev–Trinajstić information content (AvgIpc) is 3.24. The molecule has 12 heteroatoms. The molecule has 1 aliphatic heterocycles. The molecule has 0 saturated carbocycles. The van der Waals surface area contributed by atoms with Crippen LogP contribution in [0.3, 0.4) is 0 Å². The number of alkyl halides is 6. The molecule has 39 heavy (non-hydrogen) atoms. The number of nitrogens with zero attached hydrogens (tertiary/aromatic N) is 2. The van der Waals surface area contributed by atoms with E-state index in [0.29, 0.717) is 23.2 Å². The van der Waals surface area contributed by atoms with Crippen molar-refractivity contribution in [1.82, 2.24) is 0 Å². The quantitative estimate of drug-likeness (QED) is 0.295. The molecule has 3 aromatic rings. The number of anilines is 1. The van der Waals surface area contributed by atoms with Gasteiger partial charge in [0, 0.05) is 17.0 Å². The second kappa shape index (κ2) is 10.8. The summed E-state index contributed by atoms with van der Waals surface area (Å²) in [6.07, 6.45) is -10.0. The fourth-order valence-electron chi connectivity index (χ4n) is 4.41. The van der Waals surface area contributed by atoms with E-state index in [1.54, 1.807) is 43.3 Å². The molecular weight excluding hydrogens is 550 g/mol. The number of benzene rings is 3. The first kappa shape index (κ1) is 28.3. The van der Waals surface area contributed by atoms with Crippen molar-refractivity contribution < 1.29 is 41.0 Å². The summed E-state index contributed by atoms with van der Waals surface area (Å²) in [4.78, 5) is 11.2. The van der Waals surface area contributed by atoms with E-state index in [2.05, 4.69) is 9.84 Å². The second-order valence-electron chi connectivity index (χ2n) is 9.03. The first-order chi connectivity index (χ1) is 18.2. The fourth-order valence-corrected chi connectivity index (χ4v) is 4.63. The third-order valence-corrected chi connectivity index (χ3v) is 6.43. The van der Waals surface area contributed by atoms with Crippen molar-refractivity contribution in [2.75, 3.05) is 5.01 Å². The van der Waals surface area contributed by atoms with Gasteiger partial charge in [0.2, 0.25) is 0 Å². The predicted molar refractivity (Wildman–Crippen MR) is 134 cm³/mol. The molecule has 0 saturated heterocycles. The molecule has 1 N–H and O–H groups in total. The molecule has 1 aliphatic rings. The summed E-state index contributed by atoms with van der Waals surface area (Å²) in [5.74, 6) is -1.61. The second-order valence-corrected chi connectivity index (χ2v) is 9.43. The first-order valence-electron chi connectivity index (χ1n) is 11.6. The zero-order chi connectivity index (χ0) is 28.5.